The van der Waals surface area contributed by atoms with E-state index in [1.165, 1.54) is 0 Å². The molecule has 0 spiro atoms. The molecular formula is C18H20BrNO3S. The Kier molecular flexibility index (Phi) is 6.99. The minimum absolute atomic E-state index is 0.197. The van der Waals surface area contributed by atoms with E-state index in [0.717, 1.165) is 17.0 Å². The molecule has 2 aromatic carbocycles. The number of hydrogen-bond acceptors (Lipinski definition) is 4. The van der Waals surface area contributed by atoms with Crippen molar-refractivity contribution in [3.63, 3.8) is 0 Å². The second kappa shape index (κ2) is 8.99. The van der Waals surface area contributed by atoms with Crippen molar-refractivity contribution in [2.75, 3.05) is 25.3 Å². The second-order valence-electron chi connectivity index (χ2n) is 4.99. The predicted molar refractivity (Wildman–Crippen MR) is 103 cm³/mol. The third kappa shape index (κ3) is 4.45. The van der Waals surface area contributed by atoms with Gasteiger partial charge in [-0.2, -0.15) is 0 Å². The van der Waals surface area contributed by atoms with E-state index in [9.17, 15) is 4.79 Å². The van der Waals surface area contributed by atoms with E-state index in [0.29, 0.717) is 28.1 Å². The molecule has 0 unspecified atom stereocenters. The number of carbonyl (C=O) groups excluding carboxylic acids is 1. The lowest BCUT2D eigenvalue weighted by atomic mass is 10.1. The first-order chi connectivity index (χ1) is 11.6. The molecule has 2 aromatic rings. The highest BCUT2D eigenvalue weighted by atomic mass is 79.9. The fraction of sp³-hybridized carbons (Fsp3) is 0.278. The van der Waals surface area contributed by atoms with Crippen LogP contribution < -0.4 is 14.8 Å². The van der Waals surface area contributed by atoms with Crippen LogP contribution in [0.2, 0.25) is 0 Å². The van der Waals surface area contributed by atoms with Crippen LogP contribution in [-0.4, -0.2) is 25.9 Å². The number of methoxy groups -OCH3 is 1. The van der Waals surface area contributed by atoms with Gasteiger partial charge in [-0.3, -0.25) is 4.79 Å². The summed E-state index contributed by atoms with van der Waals surface area (Å²) >= 11 is 5.05. The van der Waals surface area contributed by atoms with Crippen molar-refractivity contribution in [1.82, 2.24) is 0 Å². The Morgan fingerprint density at radius 2 is 2.04 bits per heavy atom. The average molecular weight is 410 g/mol. The lowest BCUT2D eigenvalue weighted by molar-refractivity contribution is 0.102. The molecule has 6 heteroatoms. The first-order valence-corrected chi connectivity index (χ1v) is 9.57. The van der Waals surface area contributed by atoms with E-state index in [4.69, 9.17) is 9.47 Å². The second-order valence-corrected chi connectivity index (χ2v) is 6.69. The van der Waals surface area contributed by atoms with E-state index in [-0.39, 0.29) is 5.91 Å². The first kappa shape index (κ1) is 18.7. The number of amides is 1. The van der Waals surface area contributed by atoms with E-state index in [1.807, 2.05) is 37.4 Å². The van der Waals surface area contributed by atoms with E-state index in [2.05, 4.69) is 21.2 Å². The van der Waals surface area contributed by atoms with Crippen molar-refractivity contribution in [3.8, 4) is 11.5 Å². The number of para-hydroxylation sites is 1. The number of thioether (sulfide) groups is 1. The molecule has 0 heterocycles. The van der Waals surface area contributed by atoms with Gasteiger partial charge in [-0.15, -0.1) is 11.8 Å². The molecule has 24 heavy (non-hydrogen) atoms. The van der Waals surface area contributed by atoms with Gasteiger partial charge in [-0.1, -0.05) is 19.1 Å². The molecule has 0 saturated carbocycles. The Morgan fingerprint density at radius 3 is 2.71 bits per heavy atom. The van der Waals surface area contributed by atoms with Crippen LogP contribution >= 0.6 is 27.7 Å². The molecule has 0 aliphatic rings. The van der Waals surface area contributed by atoms with Crippen molar-refractivity contribution in [2.45, 2.75) is 18.2 Å². The van der Waals surface area contributed by atoms with Crippen LogP contribution in [0.1, 0.15) is 23.7 Å². The molecule has 1 N–H and O–H groups in total. The molecular weight excluding hydrogens is 390 g/mol. The summed E-state index contributed by atoms with van der Waals surface area (Å²) in [6.07, 6.45) is 2.87. The zero-order chi connectivity index (χ0) is 17.5. The predicted octanol–water partition coefficient (Wildman–Crippen LogP) is 5.22. The van der Waals surface area contributed by atoms with Crippen LogP contribution in [-0.2, 0) is 0 Å². The molecule has 0 aliphatic carbocycles. The summed E-state index contributed by atoms with van der Waals surface area (Å²) in [4.78, 5) is 13.6. The average Bonchev–Trinajstić information content (AvgIpc) is 2.60. The van der Waals surface area contributed by atoms with Gasteiger partial charge in [0.1, 0.15) is 0 Å². The Hall–Kier alpha value is -1.66. The van der Waals surface area contributed by atoms with Crippen LogP contribution in [0.3, 0.4) is 0 Å². The summed E-state index contributed by atoms with van der Waals surface area (Å²) in [7, 11) is 1.56. The zero-order valence-electron chi connectivity index (χ0n) is 13.9. The third-order valence-electron chi connectivity index (χ3n) is 3.30. The largest absolute Gasteiger partial charge is 0.493 e. The number of nitrogens with one attached hydrogen (secondary N) is 1. The summed E-state index contributed by atoms with van der Waals surface area (Å²) in [5.41, 5.74) is 1.29. The third-order valence-corrected chi connectivity index (χ3v) is 4.68. The quantitative estimate of drug-likeness (QED) is 0.636. The summed E-state index contributed by atoms with van der Waals surface area (Å²) in [5, 5.41) is 2.94. The Bertz CT molecular complexity index is 721. The van der Waals surface area contributed by atoms with E-state index in [1.54, 1.807) is 31.0 Å². The van der Waals surface area contributed by atoms with Gasteiger partial charge in [0, 0.05) is 10.5 Å². The van der Waals surface area contributed by atoms with Gasteiger partial charge in [-0.05, 0) is 52.9 Å². The number of halogens is 1. The molecule has 0 radical (unpaired) electrons. The Balaban J connectivity index is 2.28. The van der Waals surface area contributed by atoms with Crippen molar-refractivity contribution in [1.29, 1.82) is 0 Å². The number of ether oxygens (including phenoxy) is 2. The lowest BCUT2D eigenvalue weighted by Crippen LogP contribution is -2.13. The minimum Gasteiger partial charge on any atom is -0.493 e. The van der Waals surface area contributed by atoms with Gasteiger partial charge >= 0.3 is 0 Å². The summed E-state index contributed by atoms with van der Waals surface area (Å²) in [5.74, 6) is 0.944. The van der Waals surface area contributed by atoms with E-state index < -0.39 is 0 Å². The molecule has 2 rings (SSSR count). The van der Waals surface area contributed by atoms with Gasteiger partial charge in [0.05, 0.1) is 23.9 Å². The number of benzene rings is 2. The lowest BCUT2D eigenvalue weighted by Gasteiger charge is -2.14. The highest BCUT2D eigenvalue weighted by Gasteiger charge is 2.16. The number of hydrogen-bond donors (Lipinski definition) is 1. The van der Waals surface area contributed by atoms with Crippen LogP contribution in [0.5, 0.6) is 11.5 Å². The standard InChI is InChI=1S/C18H20BrNO3S/c1-4-9-23-17-13(19)10-12(11-15(17)22-2)18(21)20-14-7-5-6-8-16(14)24-3/h5-8,10-11H,4,9H2,1-3H3,(H,20,21). The summed E-state index contributed by atoms with van der Waals surface area (Å²) in [6.45, 7) is 2.62. The topological polar surface area (TPSA) is 47.6 Å². The van der Waals surface area contributed by atoms with Crippen molar-refractivity contribution < 1.29 is 14.3 Å². The SMILES string of the molecule is CCCOc1c(Br)cc(C(=O)Nc2ccccc2SC)cc1OC. The summed E-state index contributed by atoms with van der Waals surface area (Å²) < 4.78 is 11.8. The Morgan fingerprint density at radius 1 is 1.29 bits per heavy atom. The molecule has 0 bridgehead atoms. The maximum absolute atomic E-state index is 12.6. The maximum atomic E-state index is 12.6. The monoisotopic (exact) mass is 409 g/mol. The molecule has 0 atom stereocenters. The van der Waals surface area contributed by atoms with Gasteiger partial charge in [0.25, 0.3) is 5.91 Å². The maximum Gasteiger partial charge on any atom is 0.255 e. The molecule has 0 fully saturated rings. The first-order valence-electron chi connectivity index (χ1n) is 7.55. The molecule has 128 valence electrons. The Labute approximate surface area is 155 Å². The van der Waals surface area contributed by atoms with Gasteiger partial charge in [0.2, 0.25) is 0 Å². The van der Waals surface area contributed by atoms with Crippen LogP contribution in [0, 0.1) is 0 Å². The van der Waals surface area contributed by atoms with Crippen LogP contribution in [0.25, 0.3) is 0 Å². The number of carbonyl (C=O) groups is 1. The highest BCUT2D eigenvalue weighted by Crippen LogP contribution is 2.37. The molecule has 0 saturated heterocycles. The fourth-order valence-electron chi connectivity index (χ4n) is 2.14. The van der Waals surface area contributed by atoms with Gasteiger partial charge < -0.3 is 14.8 Å². The van der Waals surface area contributed by atoms with Crippen LogP contribution in [0.4, 0.5) is 5.69 Å². The highest BCUT2D eigenvalue weighted by molar-refractivity contribution is 9.10. The molecule has 4 nitrogen and oxygen atoms in total. The van der Waals surface area contributed by atoms with Gasteiger partial charge in [0.15, 0.2) is 11.5 Å². The number of rotatable bonds is 7. The van der Waals surface area contributed by atoms with Crippen molar-refractivity contribution >= 4 is 39.3 Å². The van der Waals surface area contributed by atoms with E-state index >= 15 is 0 Å². The molecule has 0 aliphatic heterocycles. The van der Waals surface area contributed by atoms with Crippen LogP contribution in [0.15, 0.2) is 45.8 Å². The number of anilines is 1. The van der Waals surface area contributed by atoms with Gasteiger partial charge in [-0.25, -0.2) is 0 Å². The normalized spacial score (nSPS) is 10.3. The van der Waals surface area contributed by atoms with Crippen molar-refractivity contribution in [3.05, 3.63) is 46.4 Å². The minimum atomic E-state index is -0.197. The molecule has 1 amide bonds. The fourth-order valence-corrected chi connectivity index (χ4v) is 3.25. The molecule has 0 aromatic heterocycles. The zero-order valence-corrected chi connectivity index (χ0v) is 16.3. The van der Waals surface area contributed by atoms with Crippen molar-refractivity contribution in [2.24, 2.45) is 0 Å². The smallest absolute Gasteiger partial charge is 0.255 e. The summed E-state index contributed by atoms with van der Waals surface area (Å²) in [6, 6.07) is 11.1.